The first-order valence-electron chi connectivity index (χ1n) is 8.80. The molecule has 28 heavy (non-hydrogen) atoms. The van der Waals surface area contributed by atoms with Crippen molar-refractivity contribution < 1.29 is 17.9 Å². The molecule has 0 saturated heterocycles. The summed E-state index contributed by atoms with van der Waals surface area (Å²) in [5.74, 6) is 0.343. The minimum Gasteiger partial charge on any atom is -0.491 e. The first-order chi connectivity index (χ1) is 13.1. The maximum absolute atomic E-state index is 12.3. The summed E-state index contributed by atoms with van der Waals surface area (Å²) in [4.78, 5) is 12.3. The lowest BCUT2D eigenvalue weighted by molar-refractivity contribution is -0.119. The molecule has 2 rings (SSSR count). The maximum Gasteiger partial charge on any atom is 0.240 e. The number of ether oxygens (including phenoxy) is 1. The predicted octanol–water partition coefficient (Wildman–Crippen LogP) is 3.23. The van der Waals surface area contributed by atoms with Gasteiger partial charge in [-0.3, -0.25) is 9.10 Å². The summed E-state index contributed by atoms with van der Waals surface area (Å²) in [6.45, 7) is 5.90. The topological polar surface area (TPSA) is 75.7 Å². The number of sulfonamides is 1. The summed E-state index contributed by atoms with van der Waals surface area (Å²) in [6.07, 6.45) is 1.06. The van der Waals surface area contributed by atoms with Crippen LogP contribution >= 0.6 is 11.6 Å². The van der Waals surface area contributed by atoms with Crippen molar-refractivity contribution in [2.24, 2.45) is 0 Å². The quantitative estimate of drug-likeness (QED) is 0.660. The second-order valence-corrected chi connectivity index (χ2v) is 8.86. The average Bonchev–Trinajstić information content (AvgIpc) is 2.62. The van der Waals surface area contributed by atoms with Crippen molar-refractivity contribution in [1.82, 2.24) is 5.32 Å². The number of carbonyl (C=O) groups is 1. The number of carbonyl (C=O) groups excluding carboxylic acids is 1. The molecule has 0 aromatic heterocycles. The van der Waals surface area contributed by atoms with Crippen LogP contribution in [0.15, 0.2) is 36.4 Å². The van der Waals surface area contributed by atoms with Crippen LogP contribution in [0.2, 0.25) is 5.02 Å². The second kappa shape index (κ2) is 9.30. The fourth-order valence-electron chi connectivity index (χ4n) is 2.67. The van der Waals surface area contributed by atoms with Gasteiger partial charge in [-0.15, -0.1) is 0 Å². The molecule has 0 aliphatic rings. The fraction of sp³-hybridized carbons (Fsp3) is 0.350. The Kier molecular flexibility index (Phi) is 7.32. The molecule has 0 aliphatic carbocycles. The molecule has 0 heterocycles. The van der Waals surface area contributed by atoms with Gasteiger partial charge in [0, 0.05) is 5.02 Å². The number of halogens is 1. The van der Waals surface area contributed by atoms with Gasteiger partial charge in [-0.05, 0) is 55.7 Å². The lowest BCUT2D eigenvalue weighted by Crippen LogP contribution is -2.41. The van der Waals surface area contributed by atoms with Gasteiger partial charge in [-0.1, -0.05) is 29.8 Å². The summed E-state index contributed by atoms with van der Waals surface area (Å²) in [5, 5.41) is 3.13. The maximum atomic E-state index is 12.3. The second-order valence-electron chi connectivity index (χ2n) is 6.55. The first-order valence-corrected chi connectivity index (χ1v) is 11.0. The third kappa shape index (κ3) is 5.62. The summed E-state index contributed by atoms with van der Waals surface area (Å²) in [5.41, 5.74) is 3.16. The van der Waals surface area contributed by atoms with Gasteiger partial charge < -0.3 is 10.1 Å². The molecule has 0 atom stereocenters. The van der Waals surface area contributed by atoms with Crippen molar-refractivity contribution in [3.05, 3.63) is 58.1 Å². The molecule has 1 N–H and O–H groups in total. The van der Waals surface area contributed by atoms with Crippen LogP contribution in [0.4, 0.5) is 5.69 Å². The number of aryl methyl sites for hydroxylation is 1. The number of benzene rings is 2. The van der Waals surface area contributed by atoms with E-state index in [1.54, 1.807) is 25.1 Å². The number of amides is 1. The average molecular weight is 425 g/mol. The zero-order valence-corrected chi connectivity index (χ0v) is 18.0. The lowest BCUT2D eigenvalue weighted by atomic mass is 10.1. The Morgan fingerprint density at radius 2 is 1.79 bits per heavy atom. The predicted molar refractivity (Wildman–Crippen MR) is 113 cm³/mol. The Morgan fingerprint density at radius 3 is 2.46 bits per heavy atom. The SMILES string of the molecule is Cc1cccc(OCCNC(=O)CN(c2cccc(Cl)c2C)S(C)(=O)=O)c1C. The third-order valence-electron chi connectivity index (χ3n) is 4.43. The summed E-state index contributed by atoms with van der Waals surface area (Å²) >= 11 is 6.09. The van der Waals surface area contributed by atoms with Gasteiger partial charge in [-0.25, -0.2) is 8.42 Å². The van der Waals surface area contributed by atoms with E-state index in [2.05, 4.69) is 5.32 Å². The van der Waals surface area contributed by atoms with Gasteiger partial charge in [0.2, 0.25) is 15.9 Å². The van der Waals surface area contributed by atoms with Crippen LogP contribution in [0.5, 0.6) is 5.75 Å². The van der Waals surface area contributed by atoms with Crippen molar-refractivity contribution in [2.75, 3.05) is 30.3 Å². The monoisotopic (exact) mass is 424 g/mol. The molecule has 1 amide bonds. The van der Waals surface area contributed by atoms with E-state index in [0.717, 1.165) is 27.4 Å². The molecule has 0 aliphatic heterocycles. The molecule has 0 saturated carbocycles. The van der Waals surface area contributed by atoms with Crippen LogP contribution in [-0.2, 0) is 14.8 Å². The molecule has 2 aromatic rings. The Balaban J connectivity index is 1.97. The van der Waals surface area contributed by atoms with E-state index >= 15 is 0 Å². The molecule has 2 aromatic carbocycles. The Hall–Kier alpha value is -2.25. The van der Waals surface area contributed by atoms with Crippen molar-refractivity contribution in [3.63, 3.8) is 0 Å². The van der Waals surface area contributed by atoms with E-state index in [-0.39, 0.29) is 19.7 Å². The summed E-state index contributed by atoms with van der Waals surface area (Å²) < 4.78 is 31.1. The van der Waals surface area contributed by atoms with Crippen LogP contribution in [-0.4, -0.2) is 40.3 Å². The van der Waals surface area contributed by atoms with E-state index in [1.807, 2.05) is 32.0 Å². The Morgan fingerprint density at radius 1 is 1.11 bits per heavy atom. The van der Waals surface area contributed by atoms with Crippen LogP contribution in [0, 0.1) is 20.8 Å². The standard InChI is InChI=1S/C20H25ClN2O4S/c1-14-7-5-10-19(15(14)2)27-12-11-22-20(24)13-23(28(4,25)26)18-9-6-8-17(21)16(18)3/h5-10H,11-13H2,1-4H3,(H,22,24). The lowest BCUT2D eigenvalue weighted by Gasteiger charge is -2.24. The van der Waals surface area contributed by atoms with E-state index in [0.29, 0.717) is 16.3 Å². The molecule has 152 valence electrons. The third-order valence-corrected chi connectivity index (χ3v) is 5.97. The van der Waals surface area contributed by atoms with Crippen LogP contribution in [0.1, 0.15) is 16.7 Å². The highest BCUT2D eigenvalue weighted by Crippen LogP contribution is 2.28. The minimum atomic E-state index is -3.65. The molecular formula is C20H25ClN2O4S. The molecule has 0 bridgehead atoms. The van der Waals surface area contributed by atoms with Crippen molar-refractivity contribution in [2.45, 2.75) is 20.8 Å². The van der Waals surface area contributed by atoms with Crippen molar-refractivity contribution in [3.8, 4) is 5.75 Å². The number of nitrogens with one attached hydrogen (secondary N) is 1. The van der Waals surface area contributed by atoms with Gasteiger partial charge in [0.15, 0.2) is 0 Å². The van der Waals surface area contributed by atoms with Crippen LogP contribution in [0.25, 0.3) is 0 Å². The van der Waals surface area contributed by atoms with Crippen LogP contribution in [0.3, 0.4) is 0 Å². The van der Waals surface area contributed by atoms with Crippen molar-refractivity contribution >= 4 is 33.2 Å². The fourth-order valence-corrected chi connectivity index (χ4v) is 3.74. The zero-order valence-electron chi connectivity index (χ0n) is 16.5. The number of anilines is 1. The molecule has 0 radical (unpaired) electrons. The van der Waals surface area contributed by atoms with Gasteiger partial charge in [0.25, 0.3) is 0 Å². The summed E-state index contributed by atoms with van der Waals surface area (Å²) in [7, 11) is -3.65. The number of hydrogen-bond acceptors (Lipinski definition) is 4. The van der Waals surface area contributed by atoms with Gasteiger partial charge in [0.05, 0.1) is 18.5 Å². The molecule has 6 nitrogen and oxygen atoms in total. The van der Waals surface area contributed by atoms with Gasteiger partial charge in [0.1, 0.15) is 18.9 Å². The molecule has 0 spiro atoms. The highest BCUT2D eigenvalue weighted by atomic mass is 35.5. The molecule has 8 heteroatoms. The normalized spacial score (nSPS) is 11.2. The molecule has 0 fully saturated rings. The highest BCUT2D eigenvalue weighted by molar-refractivity contribution is 7.92. The van der Waals surface area contributed by atoms with E-state index in [1.165, 1.54) is 0 Å². The number of rotatable bonds is 8. The Bertz CT molecular complexity index is 961. The van der Waals surface area contributed by atoms with Gasteiger partial charge >= 0.3 is 0 Å². The largest absolute Gasteiger partial charge is 0.491 e. The van der Waals surface area contributed by atoms with E-state index in [4.69, 9.17) is 16.3 Å². The van der Waals surface area contributed by atoms with Gasteiger partial charge in [-0.2, -0.15) is 0 Å². The van der Waals surface area contributed by atoms with Crippen LogP contribution < -0.4 is 14.4 Å². The smallest absolute Gasteiger partial charge is 0.240 e. The van der Waals surface area contributed by atoms with Crippen molar-refractivity contribution in [1.29, 1.82) is 0 Å². The Labute approximate surface area is 171 Å². The number of hydrogen-bond donors (Lipinski definition) is 1. The molecular weight excluding hydrogens is 400 g/mol. The van der Waals surface area contributed by atoms with E-state index in [9.17, 15) is 13.2 Å². The minimum absolute atomic E-state index is 0.262. The first kappa shape index (κ1) is 22.0. The number of nitrogens with zero attached hydrogens (tertiary/aromatic N) is 1. The molecule has 0 unspecified atom stereocenters. The van der Waals surface area contributed by atoms with E-state index < -0.39 is 15.9 Å². The zero-order chi connectivity index (χ0) is 20.9. The highest BCUT2D eigenvalue weighted by Gasteiger charge is 2.22. The summed E-state index contributed by atoms with van der Waals surface area (Å²) in [6, 6.07) is 10.7.